The minimum Gasteiger partial charge on any atom is -0.431 e. The van der Waals surface area contributed by atoms with Gasteiger partial charge in [0.25, 0.3) is 0 Å². The second-order valence-corrected chi connectivity index (χ2v) is 9.22. The molecular formula is C26H35N3O5. The van der Waals surface area contributed by atoms with Crippen LogP contribution in [-0.4, -0.2) is 40.6 Å². The average molecular weight is 470 g/mol. The summed E-state index contributed by atoms with van der Waals surface area (Å²) in [6.07, 6.45) is 8.44. The molecule has 2 aliphatic rings. The van der Waals surface area contributed by atoms with Crippen molar-refractivity contribution in [3.05, 3.63) is 47.5 Å². The fourth-order valence-corrected chi connectivity index (χ4v) is 4.93. The van der Waals surface area contributed by atoms with Crippen LogP contribution in [0.2, 0.25) is 0 Å². The zero-order valence-corrected chi connectivity index (χ0v) is 19.9. The maximum atomic E-state index is 13.0. The highest BCUT2D eigenvalue weighted by Crippen LogP contribution is 2.28. The number of para-hydroxylation sites is 1. The molecule has 8 heteroatoms. The molecule has 0 spiro atoms. The maximum Gasteiger partial charge on any atom is 0.511 e. The third-order valence-electron chi connectivity index (χ3n) is 6.72. The Labute approximate surface area is 200 Å². The molecule has 0 saturated heterocycles. The molecule has 1 fully saturated rings. The van der Waals surface area contributed by atoms with E-state index in [1.807, 2.05) is 12.4 Å². The van der Waals surface area contributed by atoms with Gasteiger partial charge in [-0.2, -0.15) is 0 Å². The molecule has 8 nitrogen and oxygen atoms in total. The SMILES string of the molecule is CC(OC(=O)OC1CCCCC1)OC(=O)[C@@H](CCCN)Cc1ncn2c1CCc1ccccc1-2. The Morgan fingerprint density at radius 3 is 2.74 bits per heavy atom. The van der Waals surface area contributed by atoms with E-state index in [1.54, 1.807) is 0 Å². The number of rotatable bonds is 9. The molecule has 1 aromatic heterocycles. The van der Waals surface area contributed by atoms with Crippen LogP contribution in [0.1, 0.15) is 68.8 Å². The molecule has 1 aliphatic heterocycles. The molecule has 34 heavy (non-hydrogen) atoms. The summed E-state index contributed by atoms with van der Waals surface area (Å²) >= 11 is 0. The molecule has 1 aliphatic carbocycles. The van der Waals surface area contributed by atoms with Gasteiger partial charge >= 0.3 is 12.1 Å². The van der Waals surface area contributed by atoms with E-state index >= 15 is 0 Å². The average Bonchev–Trinajstić information content (AvgIpc) is 3.25. The minimum absolute atomic E-state index is 0.112. The molecule has 4 rings (SSSR count). The van der Waals surface area contributed by atoms with Crippen molar-refractivity contribution in [3.63, 3.8) is 0 Å². The molecular weight excluding hydrogens is 434 g/mol. The highest BCUT2D eigenvalue weighted by Gasteiger charge is 2.28. The Hall–Kier alpha value is -2.87. The summed E-state index contributed by atoms with van der Waals surface area (Å²) in [6.45, 7) is 2.02. The van der Waals surface area contributed by atoms with Crippen molar-refractivity contribution in [1.82, 2.24) is 9.55 Å². The van der Waals surface area contributed by atoms with Crippen LogP contribution in [0.3, 0.4) is 0 Å². The van der Waals surface area contributed by atoms with Gasteiger partial charge in [-0.1, -0.05) is 24.6 Å². The summed E-state index contributed by atoms with van der Waals surface area (Å²) in [4.78, 5) is 29.7. The van der Waals surface area contributed by atoms with E-state index in [4.69, 9.17) is 19.9 Å². The number of ether oxygens (including phenoxy) is 3. The molecule has 0 bridgehead atoms. The van der Waals surface area contributed by atoms with E-state index in [-0.39, 0.29) is 6.10 Å². The highest BCUT2D eigenvalue weighted by atomic mass is 16.8. The van der Waals surface area contributed by atoms with Gasteiger partial charge in [0.2, 0.25) is 6.29 Å². The summed E-state index contributed by atoms with van der Waals surface area (Å²) in [6, 6.07) is 8.31. The summed E-state index contributed by atoms with van der Waals surface area (Å²) in [5.41, 5.74) is 10.2. The molecule has 2 N–H and O–H groups in total. The van der Waals surface area contributed by atoms with Crippen LogP contribution in [0.4, 0.5) is 4.79 Å². The summed E-state index contributed by atoms with van der Waals surface area (Å²) < 4.78 is 18.2. The molecule has 0 radical (unpaired) electrons. The standard InChI is InChI=1S/C26H35N3O5/c1-18(33-26(31)34-21-10-3-2-4-11-21)32-25(30)20(9-7-15-27)16-22-24-14-13-19-8-5-6-12-23(19)29(24)17-28-22/h5-6,8,12,17-18,20-21H,2-4,7,9-11,13-16,27H2,1H3/t18?,20-/m0/s1. The summed E-state index contributed by atoms with van der Waals surface area (Å²) in [7, 11) is 0. The predicted octanol–water partition coefficient (Wildman–Crippen LogP) is 4.24. The van der Waals surface area contributed by atoms with Crippen molar-refractivity contribution in [1.29, 1.82) is 0 Å². The molecule has 1 unspecified atom stereocenters. The van der Waals surface area contributed by atoms with Crippen molar-refractivity contribution >= 4 is 12.1 Å². The van der Waals surface area contributed by atoms with Gasteiger partial charge in [-0.15, -0.1) is 0 Å². The zero-order chi connectivity index (χ0) is 23.9. The number of benzene rings is 1. The molecule has 184 valence electrons. The Bertz CT molecular complexity index is 983. The number of fused-ring (bicyclic) bond motifs is 3. The van der Waals surface area contributed by atoms with Gasteiger partial charge in [0.1, 0.15) is 6.10 Å². The lowest BCUT2D eigenvalue weighted by molar-refractivity contribution is -0.174. The smallest absolute Gasteiger partial charge is 0.431 e. The fourth-order valence-electron chi connectivity index (χ4n) is 4.93. The highest BCUT2D eigenvalue weighted by molar-refractivity contribution is 5.73. The van der Waals surface area contributed by atoms with Crippen molar-refractivity contribution < 1.29 is 23.8 Å². The second kappa shape index (κ2) is 11.5. The van der Waals surface area contributed by atoms with Gasteiger partial charge < -0.3 is 24.5 Å². The first-order valence-electron chi connectivity index (χ1n) is 12.5. The number of hydrogen-bond acceptors (Lipinski definition) is 7. The molecule has 1 saturated carbocycles. The first-order chi connectivity index (χ1) is 16.5. The fraction of sp³-hybridized carbons (Fsp3) is 0.577. The number of hydrogen-bond donors (Lipinski definition) is 1. The van der Waals surface area contributed by atoms with Crippen LogP contribution < -0.4 is 5.73 Å². The number of esters is 1. The summed E-state index contributed by atoms with van der Waals surface area (Å²) in [5.74, 6) is -0.829. The number of nitrogens with two attached hydrogens (primary N) is 1. The van der Waals surface area contributed by atoms with Gasteiger partial charge in [0, 0.05) is 24.7 Å². The van der Waals surface area contributed by atoms with Crippen LogP contribution in [0.5, 0.6) is 0 Å². The zero-order valence-electron chi connectivity index (χ0n) is 19.9. The number of imidazole rings is 1. The Morgan fingerprint density at radius 1 is 1.15 bits per heavy atom. The van der Waals surface area contributed by atoms with E-state index in [9.17, 15) is 9.59 Å². The van der Waals surface area contributed by atoms with Gasteiger partial charge in [-0.3, -0.25) is 4.79 Å². The van der Waals surface area contributed by atoms with Crippen molar-refractivity contribution in [2.75, 3.05) is 6.54 Å². The third kappa shape index (κ3) is 5.97. The lowest BCUT2D eigenvalue weighted by Gasteiger charge is -2.23. The number of carbonyl (C=O) groups is 2. The maximum absolute atomic E-state index is 13.0. The molecule has 2 atom stereocenters. The summed E-state index contributed by atoms with van der Waals surface area (Å²) in [5, 5.41) is 0. The van der Waals surface area contributed by atoms with Crippen LogP contribution >= 0.6 is 0 Å². The molecule has 2 aromatic rings. The van der Waals surface area contributed by atoms with E-state index in [1.165, 1.54) is 18.9 Å². The molecule has 2 heterocycles. The third-order valence-corrected chi connectivity index (χ3v) is 6.72. The monoisotopic (exact) mass is 469 g/mol. The van der Waals surface area contributed by atoms with E-state index in [0.717, 1.165) is 55.6 Å². The van der Waals surface area contributed by atoms with E-state index < -0.39 is 24.3 Å². The van der Waals surface area contributed by atoms with Gasteiger partial charge in [-0.05, 0) is 69.5 Å². The largest absolute Gasteiger partial charge is 0.511 e. The topological polar surface area (TPSA) is 106 Å². The number of carbonyl (C=O) groups excluding carboxylic acids is 2. The first kappa shape index (κ1) is 24.3. The van der Waals surface area contributed by atoms with Crippen molar-refractivity contribution in [3.8, 4) is 5.69 Å². The van der Waals surface area contributed by atoms with E-state index in [0.29, 0.717) is 25.8 Å². The minimum atomic E-state index is -1.02. The van der Waals surface area contributed by atoms with Crippen LogP contribution in [0, 0.1) is 5.92 Å². The number of aryl methyl sites for hydroxylation is 1. The number of nitrogens with zero attached hydrogens (tertiary/aromatic N) is 2. The van der Waals surface area contributed by atoms with Crippen LogP contribution in [-0.2, 0) is 38.3 Å². The Kier molecular flexibility index (Phi) is 8.21. The quantitative estimate of drug-likeness (QED) is 0.432. The van der Waals surface area contributed by atoms with E-state index in [2.05, 4.69) is 27.8 Å². The first-order valence-corrected chi connectivity index (χ1v) is 12.5. The van der Waals surface area contributed by atoms with Gasteiger partial charge in [0.15, 0.2) is 0 Å². The Balaban J connectivity index is 1.37. The van der Waals surface area contributed by atoms with Crippen molar-refractivity contribution in [2.45, 2.75) is 83.5 Å². The van der Waals surface area contributed by atoms with Crippen LogP contribution in [0.15, 0.2) is 30.6 Å². The van der Waals surface area contributed by atoms with Gasteiger partial charge in [0.05, 0.1) is 17.9 Å². The second-order valence-electron chi connectivity index (χ2n) is 9.22. The predicted molar refractivity (Wildman–Crippen MR) is 126 cm³/mol. The van der Waals surface area contributed by atoms with Crippen LogP contribution in [0.25, 0.3) is 5.69 Å². The number of aromatic nitrogens is 2. The normalized spacial score (nSPS) is 17.2. The molecule has 1 aromatic carbocycles. The van der Waals surface area contributed by atoms with Gasteiger partial charge in [-0.25, -0.2) is 9.78 Å². The van der Waals surface area contributed by atoms with Crippen molar-refractivity contribution in [2.24, 2.45) is 11.7 Å². The lowest BCUT2D eigenvalue weighted by Crippen LogP contribution is -2.30. The molecule has 0 amide bonds. The Morgan fingerprint density at radius 2 is 1.94 bits per heavy atom. The lowest BCUT2D eigenvalue weighted by atomic mass is 9.94.